The Hall–Kier alpha value is -1.39. The van der Waals surface area contributed by atoms with Crippen LogP contribution in [0.5, 0.6) is 0 Å². The van der Waals surface area contributed by atoms with Gasteiger partial charge in [-0.2, -0.15) is 0 Å². The van der Waals surface area contributed by atoms with E-state index in [9.17, 15) is 9.90 Å². The molecule has 5 nitrogen and oxygen atoms in total. The summed E-state index contributed by atoms with van der Waals surface area (Å²) in [7, 11) is 0. The fourth-order valence-electron chi connectivity index (χ4n) is 3.97. The summed E-state index contributed by atoms with van der Waals surface area (Å²) in [6.45, 7) is 6.02. The van der Waals surface area contributed by atoms with E-state index >= 15 is 0 Å². The second-order valence-corrected chi connectivity index (χ2v) is 6.88. The molecule has 5 heteroatoms. The molecule has 2 saturated carbocycles. The number of carboxylic acid groups (broad SMARTS) is 1. The van der Waals surface area contributed by atoms with Crippen LogP contribution in [0, 0.1) is 18.3 Å². The molecule has 2 atom stereocenters. The van der Waals surface area contributed by atoms with E-state index in [1.807, 2.05) is 20.8 Å². The van der Waals surface area contributed by atoms with Gasteiger partial charge in [-0.25, -0.2) is 0 Å². The number of aliphatic carboxylic acids is 1. The average molecular weight is 277 g/mol. The lowest BCUT2D eigenvalue weighted by Crippen LogP contribution is -2.17. The minimum Gasteiger partial charge on any atom is -0.481 e. The number of nitrogens with zero attached hydrogens (tertiary/aromatic N) is 3. The van der Waals surface area contributed by atoms with Crippen molar-refractivity contribution in [3.05, 3.63) is 11.6 Å². The van der Waals surface area contributed by atoms with Crippen LogP contribution in [0.25, 0.3) is 0 Å². The molecule has 0 amide bonds. The van der Waals surface area contributed by atoms with Crippen LogP contribution in [0.2, 0.25) is 0 Å². The topological polar surface area (TPSA) is 68.0 Å². The van der Waals surface area contributed by atoms with E-state index in [4.69, 9.17) is 0 Å². The summed E-state index contributed by atoms with van der Waals surface area (Å²) < 4.78 is 2.23. The van der Waals surface area contributed by atoms with Gasteiger partial charge in [-0.3, -0.25) is 4.79 Å². The van der Waals surface area contributed by atoms with Crippen LogP contribution < -0.4 is 0 Å². The number of rotatable bonds is 3. The Bertz CT molecular complexity index is 529. The maximum Gasteiger partial charge on any atom is 0.307 e. The summed E-state index contributed by atoms with van der Waals surface area (Å²) in [5, 5.41) is 17.9. The van der Waals surface area contributed by atoms with Gasteiger partial charge < -0.3 is 9.67 Å². The van der Waals surface area contributed by atoms with E-state index in [2.05, 4.69) is 14.8 Å². The second kappa shape index (κ2) is 4.57. The highest BCUT2D eigenvalue weighted by molar-refractivity contribution is 5.77. The first-order valence-corrected chi connectivity index (χ1v) is 7.58. The molecule has 0 spiro atoms. The third kappa shape index (κ3) is 1.95. The molecular formula is C15H23N3O2. The highest BCUT2D eigenvalue weighted by Gasteiger charge is 2.65. The van der Waals surface area contributed by atoms with Gasteiger partial charge in [0.1, 0.15) is 11.6 Å². The van der Waals surface area contributed by atoms with Gasteiger partial charge in [0.25, 0.3) is 0 Å². The average Bonchev–Trinajstić information content (AvgIpc) is 2.78. The van der Waals surface area contributed by atoms with Gasteiger partial charge in [0.2, 0.25) is 0 Å². The third-order valence-electron chi connectivity index (χ3n) is 5.20. The van der Waals surface area contributed by atoms with E-state index in [1.165, 1.54) is 19.3 Å². The monoisotopic (exact) mass is 277 g/mol. The van der Waals surface area contributed by atoms with Gasteiger partial charge in [0.15, 0.2) is 0 Å². The maximum absolute atomic E-state index is 11.4. The van der Waals surface area contributed by atoms with Crippen molar-refractivity contribution in [3.63, 3.8) is 0 Å². The number of aryl methyl sites for hydroxylation is 1. The number of carbonyl (C=O) groups is 1. The van der Waals surface area contributed by atoms with Crippen LogP contribution in [-0.4, -0.2) is 25.8 Å². The Morgan fingerprint density at radius 3 is 2.45 bits per heavy atom. The number of hydrogen-bond acceptors (Lipinski definition) is 3. The molecular weight excluding hydrogens is 254 g/mol. The SMILES string of the molecule is Cc1nnc(C2C(C(=O)O)C2(C)C)n1C1CCCCC1. The lowest BCUT2D eigenvalue weighted by molar-refractivity contribution is -0.139. The van der Waals surface area contributed by atoms with Crippen molar-refractivity contribution in [2.75, 3.05) is 0 Å². The Balaban J connectivity index is 1.94. The van der Waals surface area contributed by atoms with Crippen molar-refractivity contribution in [1.29, 1.82) is 0 Å². The molecule has 1 N–H and O–H groups in total. The summed E-state index contributed by atoms with van der Waals surface area (Å²) in [5.74, 6) is 0.790. The van der Waals surface area contributed by atoms with Crippen LogP contribution in [0.15, 0.2) is 0 Å². The van der Waals surface area contributed by atoms with Crippen LogP contribution in [0.4, 0.5) is 0 Å². The molecule has 2 aliphatic carbocycles. The molecule has 3 rings (SSSR count). The van der Waals surface area contributed by atoms with Gasteiger partial charge in [0, 0.05) is 12.0 Å². The van der Waals surface area contributed by atoms with E-state index in [1.54, 1.807) is 0 Å². The van der Waals surface area contributed by atoms with Gasteiger partial charge in [-0.05, 0) is 25.2 Å². The molecule has 1 aromatic heterocycles. The summed E-state index contributed by atoms with van der Waals surface area (Å²) in [5.41, 5.74) is -0.211. The Morgan fingerprint density at radius 2 is 1.90 bits per heavy atom. The molecule has 0 radical (unpaired) electrons. The predicted molar refractivity (Wildman–Crippen MR) is 74.5 cm³/mol. The van der Waals surface area contributed by atoms with Crippen molar-refractivity contribution < 1.29 is 9.90 Å². The zero-order valence-electron chi connectivity index (χ0n) is 12.5. The summed E-state index contributed by atoms with van der Waals surface area (Å²) >= 11 is 0. The highest BCUT2D eigenvalue weighted by atomic mass is 16.4. The van der Waals surface area contributed by atoms with Crippen LogP contribution in [0.1, 0.15) is 69.6 Å². The molecule has 0 bridgehead atoms. The minimum atomic E-state index is -0.712. The molecule has 0 aromatic carbocycles. The van der Waals surface area contributed by atoms with Gasteiger partial charge in [-0.1, -0.05) is 33.1 Å². The first-order valence-electron chi connectivity index (χ1n) is 7.58. The van der Waals surface area contributed by atoms with Gasteiger partial charge in [0.05, 0.1) is 5.92 Å². The molecule has 20 heavy (non-hydrogen) atoms. The second-order valence-electron chi connectivity index (χ2n) is 6.88. The fraction of sp³-hybridized carbons (Fsp3) is 0.800. The predicted octanol–water partition coefficient (Wildman–Crippen LogP) is 2.92. The van der Waals surface area contributed by atoms with Crippen LogP contribution in [-0.2, 0) is 4.79 Å². The molecule has 110 valence electrons. The van der Waals surface area contributed by atoms with Gasteiger partial charge in [-0.15, -0.1) is 10.2 Å². The third-order valence-corrected chi connectivity index (χ3v) is 5.20. The Labute approximate surface area is 119 Å². The lowest BCUT2D eigenvalue weighted by atomic mass is 9.95. The Kier molecular flexibility index (Phi) is 3.10. The van der Waals surface area contributed by atoms with Gasteiger partial charge >= 0.3 is 5.97 Å². The zero-order chi connectivity index (χ0) is 14.5. The standard InChI is InChI=1S/C15H23N3O2/c1-9-16-17-13(11-12(14(19)20)15(11,2)3)18(9)10-7-5-4-6-8-10/h10-12H,4-8H2,1-3H3,(H,19,20). The van der Waals surface area contributed by atoms with Crippen LogP contribution >= 0.6 is 0 Å². The van der Waals surface area contributed by atoms with Crippen molar-refractivity contribution in [1.82, 2.24) is 14.8 Å². The lowest BCUT2D eigenvalue weighted by Gasteiger charge is -2.25. The van der Waals surface area contributed by atoms with Crippen molar-refractivity contribution in [2.45, 2.75) is 64.8 Å². The number of hydrogen-bond donors (Lipinski definition) is 1. The fourth-order valence-corrected chi connectivity index (χ4v) is 3.97. The molecule has 1 heterocycles. The minimum absolute atomic E-state index is 0.00289. The maximum atomic E-state index is 11.4. The van der Waals surface area contributed by atoms with E-state index in [-0.39, 0.29) is 17.3 Å². The van der Waals surface area contributed by atoms with E-state index < -0.39 is 5.97 Å². The first kappa shape index (κ1) is 13.6. The molecule has 0 saturated heterocycles. The number of aromatic nitrogens is 3. The smallest absolute Gasteiger partial charge is 0.307 e. The number of carboxylic acids is 1. The summed E-state index contributed by atoms with van der Waals surface area (Å²) in [4.78, 5) is 11.4. The molecule has 2 unspecified atom stereocenters. The summed E-state index contributed by atoms with van der Waals surface area (Å²) in [6.07, 6.45) is 6.13. The van der Waals surface area contributed by atoms with E-state index in [0.29, 0.717) is 6.04 Å². The normalized spacial score (nSPS) is 29.4. The molecule has 2 fully saturated rings. The molecule has 2 aliphatic rings. The van der Waals surface area contributed by atoms with Crippen molar-refractivity contribution >= 4 is 5.97 Å². The Morgan fingerprint density at radius 1 is 1.25 bits per heavy atom. The zero-order valence-corrected chi connectivity index (χ0v) is 12.5. The molecule has 0 aliphatic heterocycles. The van der Waals surface area contributed by atoms with E-state index in [0.717, 1.165) is 24.5 Å². The quantitative estimate of drug-likeness (QED) is 0.922. The van der Waals surface area contributed by atoms with Crippen molar-refractivity contribution in [2.24, 2.45) is 11.3 Å². The first-order chi connectivity index (χ1) is 9.44. The largest absolute Gasteiger partial charge is 0.481 e. The molecule has 1 aromatic rings. The van der Waals surface area contributed by atoms with Crippen LogP contribution in [0.3, 0.4) is 0 Å². The summed E-state index contributed by atoms with van der Waals surface area (Å²) in [6, 6.07) is 0.458. The van der Waals surface area contributed by atoms with Crippen molar-refractivity contribution in [3.8, 4) is 0 Å². The highest BCUT2D eigenvalue weighted by Crippen LogP contribution is 2.64.